The summed E-state index contributed by atoms with van der Waals surface area (Å²) in [4.78, 5) is 14.4. The van der Waals surface area contributed by atoms with E-state index >= 15 is 0 Å². The summed E-state index contributed by atoms with van der Waals surface area (Å²) in [6.07, 6.45) is 5.48. The molecule has 6 heteroatoms. The number of hydrogen-bond donors (Lipinski definition) is 0. The fraction of sp³-hybridized carbons (Fsp3) is 0.474. The van der Waals surface area contributed by atoms with Gasteiger partial charge in [-0.25, -0.2) is 0 Å². The van der Waals surface area contributed by atoms with Crippen LogP contribution in [0.2, 0.25) is 0 Å². The normalized spacial score (nSPS) is 10.6. The van der Waals surface area contributed by atoms with Crippen LogP contribution in [0.5, 0.6) is 11.5 Å². The Morgan fingerprint density at radius 1 is 1.16 bits per heavy atom. The van der Waals surface area contributed by atoms with E-state index in [4.69, 9.17) is 9.47 Å². The van der Waals surface area contributed by atoms with E-state index in [0.717, 1.165) is 18.4 Å². The van der Waals surface area contributed by atoms with Crippen molar-refractivity contribution in [3.8, 4) is 11.5 Å². The number of carbonyl (C=O) groups is 1. The van der Waals surface area contributed by atoms with Gasteiger partial charge in [0.25, 0.3) is 5.91 Å². The van der Waals surface area contributed by atoms with Crippen LogP contribution < -0.4 is 9.47 Å². The minimum Gasteiger partial charge on any atom is -0.490 e. The van der Waals surface area contributed by atoms with E-state index in [2.05, 4.69) is 12.0 Å². The fourth-order valence-electron chi connectivity index (χ4n) is 2.42. The predicted molar refractivity (Wildman–Crippen MR) is 97.0 cm³/mol. The summed E-state index contributed by atoms with van der Waals surface area (Å²) in [7, 11) is 3.64. The first-order chi connectivity index (χ1) is 12.0. The van der Waals surface area contributed by atoms with Gasteiger partial charge in [-0.1, -0.05) is 13.8 Å². The molecule has 0 aliphatic carbocycles. The van der Waals surface area contributed by atoms with E-state index in [1.807, 2.05) is 26.2 Å². The first kappa shape index (κ1) is 18.8. The summed E-state index contributed by atoms with van der Waals surface area (Å²) in [5, 5.41) is 4.13. The molecule has 2 rings (SSSR count). The van der Waals surface area contributed by atoms with Crippen LogP contribution in [0.15, 0.2) is 30.6 Å². The number of carbonyl (C=O) groups excluding carboxylic acids is 1. The summed E-state index contributed by atoms with van der Waals surface area (Å²) in [5.74, 6) is 1.24. The van der Waals surface area contributed by atoms with Crippen molar-refractivity contribution in [2.24, 2.45) is 7.05 Å². The maximum absolute atomic E-state index is 12.7. The molecule has 1 heterocycles. The Kier molecular flexibility index (Phi) is 6.86. The van der Waals surface area contributed by atoms with Gasteiger partial charge in [-0.3, -0.25) is 9.48 Å². The lowest BCUT2D eigenvalue weighted by Crippen LogP contribution is -2.26. The van der Waals surface area contributed by atoms with E-state index in [0.29, 0.717) is 36.8 Å². The van der Waals surface area contributed by atoms with Crippen molar-refractivity contribution in [3.05, 3.63) is 41.7 Å². The molecule has 1 amide bonds. The van der Waals surface area contributed by atoms with Gasteiger partial charge in [-0.15, -0.1) is 0 Å². The Morgan fingerprint density at radius 2 is 1.84 bits per heavy atom. The molecule has 0 unspecified atom stereocenters. The van der Waals surface area contributed by atoms with Crippen LogP contribution in [-0.4, -0.2) is 40.8 Å². The third-order valence-electron chi connectivity index (χ3n) is 3.64. The molecular weight excluding hydrogens is 318 g/mol. The molecule has 2 aromatic rings. The highest BCUT2D eigenvalue weighted by Crippen LogP contribution is 2.29. The molecule has 1 aromatic heterocycles. The molecule has 1 aromatic carbocycles. The van der Waals surface area contributed by atoms with Crippen molar-refractivity contribution in [1.82, 2.24) is 14.7 Å². The van der Waals surface area contributed by atoms with Crippen LogP contribution in [0.3, 0.4) is 0 Å². The van der Waals surface area contributed by atoms with Crippen LogP contribution in [0.25, 0.3) is 0 Å². The van der Waals surface area contributed by atoms with Crippen molar-refractivity contribution in [3.63, 3.8) is 0 Å². The topological polar surface area (TPSA) is 56.6 Å². The van der Waals surface area contributed by atoms with Crippen molar-refractivity contribution in [2.45, 2.75) is 33.2 Å². The predicted octanol–water partition coefficient (Wildman–Crippen LogP) is 3.27. The van der Waals surface area contributed by atoms with Crippen LogP contribution >= 0.6 is 0 Å². The van der Waals surface area contributed by atoms with E-state index in [-0.39, 0.29) is 5.91 Å². The zero-order valence-electron chi connectivity index (χ0n) is 15.5. The fourth-order valence-corrected chi connectivity index (χ4v) is 2.42. The van der Waals surface area contributed by atoms with Gasteiger partial charge in [0, 0.05) is 38.0 Å². The minimum absolute atomic E-state index is 0.0627. The number of aryl methyl sites for hydroxylation is 1. The Hall–Kier alpha value is -2.50. The van der Waals surface area contributed by atoms with E-state index in [1.54, 1.807) is 35.0 Å². The molecule has 0 saturated carbocycles. The van der Waals surface area contributed by atoms with E-state index in [9.17, 15) is 4.79 Å². The first-order valence-electron chi connectivity index (χ1n) is 8.67. The number of hydrogen-bond acceptors (Lipinski definition) is 4. The smallest absolute Gasteiger partial charge is 0.254 e. The molecule has 0 aliphatic rings. The van der Waals surface area contributed by atoms with Gasteiger partial charge in [0.05, 0.1) is 19.4 Å². The number of aromatic nitrogens is 2. The largest absolute Gasteiger partial charge is 0.490 e. The molecule has 6 nitrogen and oxygen atoms in total. The summed E-state index contributed by atoms with van der Waals surface area (Å²) < 4.78 is 13.2. The number of nitrogens with zero attached hydrogens (tertiary/aromatic N) is 3. The lowest BCUT2D eigenvalue weighted by atomic mass is 10.1. The molecule has 0 spiro atoms. The maximum Gasteiger partial charge on any atom is 0.254 e. The number of rotatable bonds is 9. The average Bonchev–Trinajstić information content (AvgIpc) is 3.02. The Labute approximate surface area is 149 Å². The Bertz CT molecular complexity index is 697. The molecule has 0 fully saturated rings. The van der Waals surface area contributed by atoms with Gasteiger partial charge in [0.2, 0.25) is 0 Å². The highest BCUT2D eigenvalue weighted by atomic mass is 16.5. The summed E-state index contributed by atoms with van der Waals surface area (Å²) in [5.41, 5.74) is 1.57. The number of amides is 1. The van der Waals surface area contributed by atoms with Crippen molar-refractivity contribution in [2.75, 3.05) is 20.3 Å². The van der Waals surface area contributed by atoms with Crippen LogP contribution in [0.1, 0.15) is 42.6 Å². The lowest BCUT2D eigenvalue weighted by Gasteiger charge is -2.18. The molecule has 0 N–H and O–H groups in total. The van der Waals surface area contributed by atoms with Gasteiger partial charge in [-0.2, -0.15) is 5.10 Å². The molecule has 0 radical (unpaired) electrons. The second-order valence-electron chi connectivity index (χ2n) is 6.04. The molecule has 136 valence electrons. The third-order valence-corrected chi connectivity index (χ3v) is 3.64. The third kappa shape index (κ3) is 5.24. The number of ether oxygens (including phenoxy) is 2. The second-order valence-corrected chi connectivity index (χ2v) is 6.04. The van der Waals surface area contributed by atoms with Gasteiger partial charge in [0.15, 0.2) is 11.5 Å². The van der Waals surface area contributed by atoms with Crippen molar-refractivity contribution < 1.29 is 14.3 Å². The van der Waals surface area contributed by atoms with Crippen LogP contribution in [-0.2, 0) is 13.6 Å². The summed E-state index contributed by atoms with van der Waals surface area (Å²) in [6.45, 7) is 5.81. The second kappa shape index (κ2) is 9.11. The SMILES string of the molecule is CCCOc1ccc(C(=O)N(C)Cc2cnn(C)c2)cc1OCCC. The van der Waals surface area contributed by atoms with Crippen LogP contribution in [0.4, 0.5) is 0 Å². The zero-order valence-corrected chi connectivity index (χ0v) is 15.5. The first-order valence-corrected chi connectivity index (χ1v) is 8.67. The summed E-state index contributed by atoms with van der Waals surface area (Å²) in [6, 6.07) is 5.36. The quantitative estimate of drug-likeness (QED) is 0.700. The van der Waals surface area contributed by atoms with E-state index in [1.165, 1.54) is 0 Å². The summed E-state index contributed by atoms with van der Waals surface area (Å²) >= 11 is 0. The van der Waals surface area contributed by atoms with Gasteiger partial charge >= 0.3 is 0 Å². The minimum atomic E-state index is -0.0627. The Balaban J connectivity index is 2.14. The monoisotopic (exact) mass is 345 g/mol. The van der Waals surface area contributed by atoms with Gasteiger partial charge in [-0.05, 0) is 31.0 Å². The molecular formula is C19H27N3O3. The van der Waals surface area contributed by atoms with Gasteiger partial charge < -0.3 is 14.4 Å². The van der Waals surface area contributed by atoms with Crippen molar-refractivity contribution >= 4 is 5.91 Å². The van der Waals surface area contributed by atoms with Gasteiger partial charge in [0.1, 0.15) is 0 Å². The lowest BCUT2D eigenvalue weighted by molar-refractivity contribution is 0.0784. The Morgan fingerprint density at radius 3 is 2.44 bits per heavy atom. The molecule has 0 aliphatic heterocycles. The number of benzene rings is 1. The molecule has 25 heavy (non-hydrogen) atoms. The van der Waals surface area contributed by atoms with Crippen LogP contribution in [0, 0.1) is 0 Å². The highest BCUT2D eigenvalue weighted by molar-refractivity contribution is 5.94. The van der Waals surface area contributed by atoms with Crippen molar-refractivity contribution in [1.29, 1.82) is 0 Å². The molecule has 0 atom stereocenters. The average molecular weight is 345 g/mol. The zero-order chi connectivity index (χ0) is 18.2. The molecule has 0 saturated heterocycles. The van der Waals surface area contributed by atoms with E-state index < -0.39 is 0 Å². The highest BCUT2D eigenvalue weighted by Gasteiger charge is 2.16. The standard InChI is InChI=1S/C19H27N3O3/c1-5-9-24-17-8-7-16(11-18(17)25-10-6-2)19(23)21(3)13-15-12-20-22(4)14-15/h7-8,11-12,14H,5-6,9-10,13H2,1-4H3. The molecule has 0 bridgehead atoms. The maximum atomic E-state index is 12.7.